The quantitative estimate of drug-likeness (QED) is 0.654. The average molecular weight is 200 g/mol. The van der Waals surface area contributed by atoms with Gasteiger partial charge in [0.15, 0.2) is 0 Å². The number of nitrogens with two attached hydrogens (primary N) is 1. The molecule has 1 saturated heterocycles. The van der Waals surface area contributed by atoms with Crippen molar-refractivity contribution in [3.63, 3.8) is 0 Å². The molecule has 0 spiro atoms. The van der Waals surface area contributed by atoms with Gasteiger partial charge in [-0.15, -0.1) is 0 Å². The van der Waals surface area contributed by atoms with Gasteiger partial charge in [-0.25, -0.2) is 0 Å². The molecule has 1 aliphatic heterocycles. The lowest BCUT2D eigenvalue weighted by Gasteiger charge is -2.16. The van der Waals surface area contributed by atoms with Crippen LogP contribution in [0.25, 0.3) is 0 Å². The number of hydrogen-bond acceptors (Lipinski definition) is 3. The third kappa shape index (κ3) is 2.96. The zero-order valence-corrected chi connectivity index (χ0v) is 8.78. The summed E-state index contributed by atoms with van der Waals surface area (Å²) in [5.74, 6) is 0.419. The molecule has 14 heavy (non-hydrogen) atoms. The Hall–Kier alpha value is -0.610. The summed E-state index contributed by atoms with van der Waals surface area (Å²) in [5, 5.41) is 8.82. The molecule has 4 heteroatoms. The van der Waals surface area contributed by atoms with E-state index in [0.29, 0.717) is 5.92 Å². The third-order valence-electron chi connectivity index (χ3n) is 2.78. The minimum absolute atomic E-state index is 0.0849. The molecule has 1 fully saturated rings. The van der Waals surface area contributed by atoms with Crippen LogP contribution in [0, 0.1) is 5.92 Å². The van der Waals surface area contributed by atoms with E-state index in [9.17, 15) is 4.79 Å². The second-order valence-corrected chi connectivity index (χ2v) is 4.15. The number of likely N-dealkylation sites (tertiary alicyclic amines) is 1. The molecule has 0 aliphatic carbocycles. The highest BCUT2D eigenvalue weighted by Crippen LogP contribution is 2.11. The minimum Gasteiger partial charge on any atom is -0.396 e. The summed E-state index contributed by atoms with van der Waals surface area (Å²) in [7, 11) is 0. The first-order valence-electron chi connectivity index (χ1n) is 5.30. The van der Waals surface area contributed by atoms with Gasteiger partial charge in [0.05, 0.1) is 6.04 Å². The second kappa shape index (κ2) is 5.32. The van der Waals surface area contributed by atoms with Crippen molar-refractivity contribution < 1.29 is 9.90 Å². The number of hydrogen-bond donors (Lipinski definition) is 2. The zero-order chi connectivity index (χ0) is 10.6. The molecule has 0 aromatic rings. The summed E-state index contributed by atoms with van der Waals surface area (Å²) >= 11 is 0. The summed E-state index contributed by atoms with van der Waals surface area (Å²) in [6.07, 6.45) is 2.71. The summed E-state index contributed by atoms with van der Waals surface area (Å²) in [4.78, 5) is 13.2. The maximum Gasteiger partial charge on any atom is 0.239 e. The molecular formula is C10H20N2O2. The molecule has 2 atom stereocenters. The van der Waals surface area contributed by atoms with Crippen LogP contribution in [0.4, 0.5) is 0 Å². The van der Waals surface area contributed by atoms with Crippen molar-refractivity contribution in [2.75, 3.05) is 19.7 Å². The molecule has 2 unspecified atom stereocenters. The largest absolute Gasteiger partial charge is 0.396 e. The lowest BCUT2D eigenvalue weighted by molar-refractivity contribution is -0.128. The van der Waals surface area contributed by atoms with Crippen LogP contribution >= 0.6 is 0 Å². The van der Waals surface area contributed by atoms with Crippen molar-refractivity contribution in [2.24, 2.45) is 11.7 Å². The SMILES string of the molecule is CC(CO)CCCN1CCC(N)C1=O. The normalized spacial score (nSPS) is 24.4. The van der Waals surface area contributed by atoms with Gasteiger partial charge in [-0.05, 0) is 25.2 Å². The first-order chi connectivity index (χ1) is 6.65. The number of carbonyl (C=O) groups is 1. The lowest BCUT2D eigenvalue weighted by atomic mass is 10.1. The number of aliphatic hydroxyl groups is 1. The van der Waals surface area contributed by atoms with Gasteiger partial charge in [0, 0.05) is 19.7 Å². The van der Waals surface area contributed by atoms with Crippen LogP contribution in [-0.4, -0.2) is 41.7 Å². The van der Waals surface area contributed by atoms with Gasteiger partial charge in [0.2, 0.25) is 5.91 Å². The number of rotatable bonds is 5. The molecule has 1 heterocycles. The molecule has 3 N–H and O–H groups in total. The Kier molecular flexibility index (Phi) is 4.35. The van der Waals surface area contributed by atoms with Crippen LogP contribution in [0.15, 0.2) is 0 Å². The predicted molar refractivity (Wildman–Crippen MR) is 54.7 cm³/mol. The van der Waals surface area contributed by atoms with E-state index in [-0.39, 0.29) is 18.6 Å². The molecular weight excluding hydrogens is 180 g/mol. The summed E-state index contributed by atoms with van der Waals surface area (Å²) in [6.45, 7) is 3.83. The standard InChI is InChI=1S/C10H20N2O2/c1-8(7-13)3-2-5-12-6-4-9(11)10(12)14/h8-9,13H,2-7,11H2,1H3. The Morgan fingerprint density at radius 2 is 2.43 bits per heavy atom. The maximum absolute atomic E-state index is 11.4. The molecule has 1 amide bonds. The van der Waals surface area contributed by atoms with E-state index in [4.69, 9.17) is 10.8 Å². The van der Waals surface area contributed by atoms with Crippen molar-refractivity contribution in [3.8, 4) is 0 Å². The van der Waals surface area contributed by atoms with Gasteiger partial charge < -0.3 is 15.7 Å². The van der Waals surface area contributed by atoms with Crippen LogP contribution in [-0.2, 0) is 4.79 Å². The third-order valence-corrected chi connectivity index (χ3v) is 2.78. The minimum atomic E-state index is -0.273. The van der Waals surface area contributed by atoms with Gasteiger partial charge in [0.1, 0.15) is 0 Å². The van der Waals surface area contributed by atoms with Gasteiger partial charge >= 0.3 is 0 Å². The summed E-state index contributed by atoms with van der Waals surface area (Å²) in [6, 6.07) is -0.273. The first-order valence-corrected chi connectivity index (χ1v) is 5.30. The van der Waals surface area contributed by atoms with Gasteiger partial charge in [-0.2, -0.15) is 0 Å². The van der Waals surface area contributed by atoms with E-state index in [1.54, 1.807) is 0 Å². The van der Waals surface area contributed by atoms with E-state index in [1.807, 2.05) is 11.8 Å². The van der Waals surface area contributed by atoms with Crippen molar-refractivity contribution in [3.05, 3.63) is 0 Å². The first kappa shape index (κ1) is 11.5. The monoisotopic (exact) mass is 200 g/mol. The van der Waals surface area contributed by atoms with E-state index >= 15 is 0 Å². The smallest absolute Gasteiger partial charge is 0.239 e. The topological polar surface area (TPSA) is 66.6 Å². The zero-order valence-electron chi connectivity index (χ0n) is 8.78. The van der Waals surface area contributed by atoms with Crippen LogP contribution in [0.1, 0.15) is 26.2 Å². The Balaban J connectivity index is 2.16. The molecule has 1 aliphatic rings. The highest BCUT2D eigenvalue weighted by molar-refractivity contribution is 5.83. The average Bonchev–Trinajstić information content (AvgIpc) is 2.49. The molecule has 0 bridgehead atoms. The number of amides is 1. The Bertz CT molecular complexity index is 197. The van der Waals surface area contributed by atoms with Gasteiger partial charge in [0.25, 0.3) is 0 Å². The fourth-order valence-electron chi connectivity index (χ4n) is 1.71. The molecule has 0 aromatic carbocycles. The van der Waals surface area contributed by atoms with Crippen LogP contribution < -0.4 is 5.73 Å². The highest BCUT2D eigenvalue weighted by Gasteiger charge is 2.27. The Morgan fingerprint density at radius 3 is 2.93 bits per heavy atom. The Labute approximate surface area is 85.1 Å². The fraction of sp³-hybridized carbons (Fsp3) is 0.900. The van der Waals surface area contributed by atoms with Crippen LogP contribution in [0.3, 0.4) is 0 Å². The lowest BCUT2D eigenvalue weighted by Crippen LogP contribution is -2.34. The maximum atomic E-state index is 11.4. The summed E-state index contributed by atoms with van der Waals surface area (Å²) < 4.78 is 0. The van der Waals surface area contributed by atoms with Crippen molar-refractivity contribution in [1.29, 1.82) is 0 Å². The molecule has 0 radical (unpaired) electrons. The second-order valence-electron chi connectivity index (χ2n) is 4.15. The molecule has 82 valence electrons. The van der Waals surface area contributed by atoms with Gasteiger partial charge in [-0.1, -0.05) is 6.92 Å². The van der Waals surface area contributed by atoms with E-state index in [2.05, 4.69) is 0 Å². The van der Waals surface area contributed by atoms with Crippen LogP contribution in [0.2, 0.25) is 0 Å². The fourth-order valence-corrected chi connectivity index (χ4v) is 1.71. The molecule has 1 rings (SSSR count). The van der Waals surface area contributed by atoms with Crippen molar-refractivity contribution >= 4 is 5.91 Å². The van der Waals surface area contributed by atoms with Crippen molar-refractivity contribution in [2.45, 2.75) is 32.2 Å². The van der Waals surface area contributed by atoms with Gasteiger partial charge in [-0.3, -0.25) is 4.79 Å². The van der Waals surface area contributed by atoms with E-state index in [1.165, 1.54) is 0 Å². The predicted octanol–water partition coefficient (Wildman–Crippen LogP) is -0.0454. The number of aliphatic hydroxyl groups excluding tert-OH is 1. The summed E-state index contributed by atoms with van der Waals surface area (Å²) in [5.41, 5.74) is 5.60. The van der Waals surface area contributed by atoms with Crippen LogP contribution in [0.5, 0.6) is 0 Å². The van der Waals surface area contributed by atoms with Crippen molar-refractivity contribution in [1.82, 2.24) is 4.90 Å². The number of nitrogens with zero attached hydrogens (tertiary/aromatic N) is 1. The Morgan fingerprint density at radius 1 is 1.71 bits per heavy atom. The van der Waals surface area contributed by atoms with E-state index < -0.39 is 0 Å². The molecule has 4 nitrogen and oxygen atoms in total. The van der Waals surface area contributed by atoms with E-state index in [0.717, 1.165) is 32.4 Å². The number of carbonyl (C=O) groups excluding carboxylic acids is 1. The molecule has 0 saturated carbocycles. The molecule has 0 aromatic heterocycles. The highest BCUT2D eigenvalue weighted by atomic mass is 16.3.